The van der Waals surface area contributed by atoms with Crippen molar-refractivity contribution in [1.29, 1.82) is 0 Å². The molecule has 1 aromatic rings. The monoisotopic (exact) mass is 434 g/mol. The number of amides is 1. The molecule has 1 unspecified atom stereocenters. The molecule has 1 aliphatic rings. The van der Waals surface area contributed by atoms with E-state index in [1.165, 1.54) is 6.07 Å². The van der Waals surface area contributed by atoms with Crippen LogP contribution in [-0.2, 0) is 6.18 Å². The highest BCUT2D eigenvalue weighted by molar-refractivity contribution is 14.1. The molecule has 0 aromatic heterocycles. The number of rotatable bonds is 3. The van der Waals surface area contributed by atoms with E-state index in [9.17, 15) is 18.0 Å². The number of hydrogen-bond donors (Lipinski definition) is 2. The molecule has 1 heterocycles. The molecule has 21 heavy (non-hydrogen) atoms. The quantitative estimate of drug-likeness (QED) is 0.718. The van der Waals surface area contributed by atoms with Crippen molar-refractivity contribution in [3.63, 3.8) is 0 Å². The summed E-state index contributed by atoms with van der Waals surface area (Å²) in [4.78, 5) is 11.9. The first-order valence-electron chi connectivity index (χ1n) is 6.25. The van der Waals surface area contributed by atoms with E-state index in [1.807, 2.05) is 0 Å². The summed E-state index contributed by atoms with van der Waals surface area (Å²) in [6.45, 7) is 1.35. The van der Waals surface area contributed by atoms with Crippen molar-refractivity contribution < 1.29 is 18.0 Å². The van der Waals surface area contributed by atoms with Crippen molar-refractivity contribution in [3.8, 4) is 0 Å². The fraction of sp³-hybridized carbons (Fsp3) is 0.462. The molecular formula is C13H15ClF3IN2O. The molecule has 118 valence electrons. The van der Waals surface area contributed by atoms with Gasteiger partial charge < -0.3 is 10.6 Å². The molecule has 8 heteroatoms. The predicted molar refractivity (Wildman–Crippen MR) is 84.8 cm³/mol. The van der Waals surface area contributed by atoms with Crippen LogP contribution in [0, 0.1) is 3.57 Å². The summed E-state index contributed by atoms with van der Waals surface area (Å²) < 4.78 is 38.5. The van der Waals surface area contributed by atoms with Crippen LogP contribution in [0.15, 0.2) is 18.2 Å². The van der Waals surface area contributed by atoms with Gasteiger partial charge in [0.2, 0.25) is 0 Å². The van der Waals surface area contributed by atoms with Gasteiger partial charge in [-0.25, -0.2) is 0 Å². The zero-order valence-electron chi connectivity index (χ0n) is 11.0. The molecule has 0 aliphatic carbocycles. The third-order valence-corrected chi connectivity index (χ3v) is 3.78. The number of alkyl halides is 3. The van der Waals surface area contributed by atoms with Crippen molar-refractivity contribution in [3.05, 3.63) is 32.9 Å². The van der Waals surface area contributed by atoms with Crippen LogP contribution in [0.5, 0.6) is 0 Å². The van der Waals surface area contributed by atoms with Gasteiger partial charge in [-0.2, -0.15) is 13.2 Å². The molecule has 2 rings (SSSR count). The van der Waals surface area contributed by atoms with Crippen molar-refractivity contribution in [2.24, 2.45) is 0 Å². The van der Waals surface area contributed by atoms with E-state index in [2.05, 4.69) is 10.6 Å². The molecule has 1 aromatic carbocycles. The summed E-state index contributed by atoms with van der Waals surface area (Å²) in [6.07, 6.45) is -2.41. The Labute approximate surface area is 140 Å². The minimum atomic E-state index is -4.44. The number of carbonyl (C=O) groups is 1. The molecule has 1 atom stereocenters. The molecule has 3 nitrogen and oxygen atoms in total. The first-order valence-corrected chi connectivity index (χ1v) is 7.33. The number of hydrogen-bond acceptors (Lipinski definition) is 2. The number of benzene rings is 1. The summed E-state index contributed by atoms with van der Waals surface area (Å²) in [6, 6.07) is 3.58. The number of carbonyl (C=O) groups excluding carboxylic acids is 1. The van der Waals surface area contributed by atoms with Gasteiger partial charge in [0.05, 0.1) is 5.56 Å². The Morgan fingerprint density at radius 1 is 1.38 bits per heavy atom. The fourth-order valence-electron chi connectivity index (χ4n) is 2.13. The van der Waals surface area contributed by atoms with Gasteiger partial charge in [0.1, 0.15) is 0 Å². The average molecular weight is 435 g/mol. The van der Waals surface area contributed by atoms with Crippen LogP contribution in [0.4, 0.5) is 13.2 Å². The first kappa shape index (κ1) is 18.5. The molecule has 1 amide bonds. The standard InChI is InChI=1S/C13H14F3IN2O.ClH/c14-13(15,16)9-4-8(5-10(17)6-9)12(20)19-7-11-2-1-3-18-11;/h4-6,11,18H,1-3,7H2,(H,19,20);1H. The van der Waals surface area contributed by atoms with E-state index in [0.717, 1.165) is 31.5 Å². The van der Waals surface area contributed by atoms with E-state index in [4.69, 9.17) is 0 Å². The highest BCUT2D eigenvalue weighted by Crippen LogP contribution is 2.31. The first-order chi connectivity index (χ1) is 9.36. The van der Waals surface area contributed by atoms with Gasteiger partial charge >= 0.3 is 6.18 Å². The Kier molecular flexibility index (Phi) is 6.73. The molecule has 1 saturated heterocycles. The minimum Gasteiger partial charge on any atom is -0.350 e. The maximum atomic E-state index is 12.7. The molecule has 0 bridgehead atoms. The summed E-state index contributed by atoms with van der Waals surface area (Å²) in [5.74, 6) is -0.470. The Morgan fingerprint density at radius 3 is 2.67 bits per heavy atom. The molecular weight excluding hydrogens is 420 g/mol. The molecule has 1 aliphatic heterocycles. The Hall–Kier alpha value is -0.540. The Balaban J connectivity index is 0.00000220. The van der Waals surface area contributed by atoms with Crippen molar-refractivity contribution in [1.82, 2.24) is 10.6 Å². The van der Waals surface area contributed by atoms with E-state index in [0.29, 0.717) is 10.1 Å². The van der Waals surface area contributed by atoms with Crippen LogP contribution in [-0.4, -0.2) is 25.0 Å². The van der Waals surface area contributed by atoms with Crippen molar-refractivity contribution >= 4 is 40.9 Å². The zero-order chi connectivity index (χ0) is 14.8. The summed E-state index contributed by atoms with van der Waals surface area (Å²) in [5, 5.41) is 5.89. The third-order valence-electron chi connectivity index (χ3n) is 3.16. The Bertz CT molecular complexity index is 505. The zero-order valence-corrected chi connectivity index (χ0v) is 13.9. The highest BCUT2D eigenvalue weighted by atomic mass is 127. The van der Waals surface area contributed by atoms with E-state index >= 15 is 0 Å². The fourth-order valence-corrected chi connectivity index (χ4v) is 2.80. The van der Waals surface area contributed by atoms with Gasteiger partial charge in [0.15, 0.2) is 0 Å². The predicted octanol–water partition coefficient (Wildman–Crippen LogP) is 3.21. The third kappa shape index (κ3) is 5.30. The molecule has 1 fully saturated rings. The molecule has 0 spiro atoms. The van der Waals surface area contributed by atoms with Crippen LogP contribution in [0.1, 0.15) is 28.8 Å². The van der Waals surface area contributed by atoms with Crippen LogP contribution < -0.4 is 10.6 Å². The van der Waals surface area contributed by atoms with Crippen molar-refractivity contribution in [2.75, 3.05) is 13.1 Å². The van der Waals surface area contributed by atoms with Gasteiger partial charge in [-0.1, -0.05) is 0 Å². The van der Waals surface area contributed by atoms with Crippen molar-refractivity contribution in [2.45, 2.75) is 25.1 Å². The number of nitrogens with one attached hydrogen (secondary N) is 2. The normalized spacial score (nSPS) is 18.2. The second-order valence-corrected chi connectivity index (χ2v) is 5.98. The summed E-state index contributed by atoms with van der Waals surface area (Å²) in [5.41, 5.74) is -0.754. The van der Waals surface area contributed by atoms with Gasteiger partial charge in [0, 0.05) is 21.7 Å². The smallest absolute Gasteiger partial charge is 0.350 e. The molecule has 0 saturated carbocycles. The van der Waals surface area contributed by atoms with E-state index in [1.54, 1.807) is 22.6 Å². The number of halogens is 5. The van der Waals surface area contributed by atoms with Crippen LogP contribution in [0.2, 0.25) is 0 Å². The van der Waals surface area contributed by atoms with Crippen LogP contribution in [0.3, 0.4) is 0 Å². The average Bonchev–Trinajstić information content (AvgIpc) is 2.87. The van der Waals surface area contributed by atoms with Crippen LogP contribution in [0.25, 0.3) is 0 Å². The topological polar surface area (TPSA) is 41.1 Å². The van der Waals surface area contributed by atoms with Gasteiger partial charge in [0.25, 0.3) is 5.91 Å². The highest BCUT2D eigenvalue weighted by Gasteiger charge is 2.31. The lowest BCUT2D eigenvalue weighted by Gasteiger charge is -2.13. The summed E-state index contributed by atoms with van der Waals surface area (Å²) in [7, 11) is 0. The van der Waals surface area contributed by atoms with Gasteiger partial charge in [-0.15, -0.1) is 12.4 Å². The van der Waals surface area contributed by atoms with Gasteiger partial charge in [-0.3, -0.25) is 4.79 Å². The lowest BCUT2D eigenvalue weighted by atomic mass is 10.1. The van der Waals surface area contributed by atoms with E-state index < -0.39 is 17.6 Å². The second-order valence-electron chi connectivity index (χ2n) is 4.73. The lowest BCUT2D eigenvalue weighted by Crippen LogP contribution is -2.37. The SMILES string of the molecule is Cl.O=C(NCC1CCCN1)c1cc(I)cc(C(F)(F)F)c1. The summed E-state index contributed by atoms with van der Waals surface area (Å²) >= 11 is 1.78. The van der Waals surface area contributed by atoms with Gasteiger partial charge in [-0.05, 0) is 60.2 Å². The molecule has 0 radical (unpaired) electrons. The molecule has 2 N–H and O–H groups in total. The minimum absolute atomic E-state index is 0. The maximum Gasteiger partial charge on any atom is 0.416 e. The Morgan fingerprint density at radius 2 is 2.10 bits per heavy atom. The maximum absolute atomic E-state index is 12.7. The van der Waals surface area contributed by atoms with Crippen LogP contribution >= 0.6 is 35.0 Å². The second kappa shape index (κ2) is 7.64. The van der Waals surface area contributed by atoms with E-state index in [-0.39, 0.29) is 24.0 Å². The largest absolute Gasteiger partial charge is 0.416 e. The lowest BCUT2D eigenvalue weighted by molar-refractivity contribution is -0.137.